The molecular formula is C42H79NO4. The fourth-order valence-corrected chi connectivity index (χ4v) is 5.96. The Bertz CT molecular complexity index is 734. The zero-order valence-corrected chi connectivity index (χ0v) is 31.2. The second-order valence-electron chi connectivity index (χ2n) is 13.8. The van der Waals surface area contributed by atoms with Crippen LogP contribution in [-0.2, 0) is 4.79 Å². The summed E-state index contributed by atoms with van der Waals surface area (Å²) < 4.78 is 0. The third kappa shape index (κ3) is 32.9. The number of aliphatic hydroxyl groups is 3. The molecule has 0 saturated carbocycles. The first-order chi connectivity index (χ1) is 23.1. The summed E-state index contributed by atoms with van der Waals surface area (Å²) in [6.07, 6.45) is 45.9. The van der Waals surface area contributed by atoms with E-state index in [0.717, 1.165) is 51.4 Å². The highest BCUT2D eigenvalue weighted by molar-refractivity contribution is 5.80. The molecule has 0 spiro atoms. The van der Waals surface area contributed by atoms with E-state index in [-0.39, 0.29) is 6.61 Å². The lowest BCUT2D eigenvalue weighted by atomic mass is 10.0. The van der Waals surface area contributed by atoms with Crippen LogP contribution >= 0.6 is 0 Å². The smallest absolute Gasteiger partial charge is 0.249 e. The minimum Gasteiger partial charge on any atom is -0.394 e. The normalized spacial score (nSPS) is 14.1. The lowest BCUT2D eigenvalue weighted by molar-refractivity contribution is -0.131. The molecule has 0 bridgehead atoms. The topological polar surface area (TPSA) is 89.8 Å². The number of hydrogen-bond acceptors (Lipinski definition) is 4. The Morgan fingerprint density at radius 2 is 0.872 bits per heavy atom. The van der Waals surface area contributed by atoms with E-state index in [0.29, 0.717) is 6.42 Å². The molecule has 0 aromatic heterocycles. The van der Waals surface area contributed by atoms with Crippen molar-refractivity contribution in [3.8, 4) is 0 Å². The molecule has 0 saturated heterocycles. The van der Waals surface area contributed by atoms with Gasteiger partial charge in [0, 0.05) is 0 Å². The molecule has 0 aliphatic carbocycles. The second kappa shape index (κ2) is 37.4. The molecule has 0 fully saturated rings. The summed E-state index contributed by atoms with van der Waals surface area (Å²) in [6.45, 7) is 4.15. The minimum absolute atomic E-state index is 0.380. The van der Waals surface area contributed by atoms with Gasteiger partial charge in [-0.2, -0.15) is 0 Å². The molecule has 4 N–H and O–H groups in total. The highest BCUT2D eigenvalue weighted by atomic mass is 16.3. The number of allylic oxidation sites excluding steroid dienone is 5. The standard InChI is InChI=1S/C42H79NO4/c1-3-5-7-9-11-13-15-17-19-20-21-23-24-26-28-30-32-34-36-40(45)39(38-44)43-42(47)41(46)37-35-33-31-29-27-25-22-18-16-14-12-10-8-6-4-2/h22,25-26,28,34,36,39-41,44-46H,3-21,23-24,27,29-33,35,37-38H2,1-2H3,(H,43,47)/b25-22-,28-26+,36-34+. The number of aliphatic hydroxyl groups excluding tert-OH is 3. The number of hydrogen-bond donors (Lipinski definition) is 4. The van der Waals surface area contributed by atoms with E-state index in [1.54, 1.807) is 6.08 Å². The van der Waals surface area contributed by atoms with Gasteiger partial charge in [-0.25, -0.2) is 0 Å². The summed E-state index contributed by atoms with van der Waals surface area (Å²) in [6, 6.07) is -0.817. The lowest BCUT2D eigenvalue weighted by Gasteiger charge is -2.21. The number of amides is 1. The third-order valence-corrected chi connectivity index (χ3v) is 9.20. The summed E-state index contributed by atoms with van der Waals surface area (Å²) in [7, 11) is 0. The van der Waals surface area contributed by atoms with Crippen molar-refractivity contribution in [3.63, 3.8) is 0 Å². The average Bonchev–Trinajstić information content (AvgIpc) is 3.07. The average molecular weight is 662 g/mol. The summed E-state index contributed by atoms with van der Waals surface area (Å²) in [4.78, 5) is 12.4. The van der Waals surface area contributed by atoms with Crippen LogP contribution in [0.5, 0.6) is 0 Å². The van der Waals surface area contributed by atoms with Gasteiger partial charge in [0.25, 0.3) is 0 Å². The van der Waals surface area contributed by atoms with Crippen LogP contribution in [0.25, 0.3) is 0 Å². The number of nitrogens with one attached hydrogen (secondary N) is 1. The van der Waals surface area contributed by atoms with Crippen LogP contribution in [0.1, 0.15) is 200 Å². The molecule has 0 aliphatic rings. The van der Waals surface area contributed by atoms with E-state index in [2.05, 4.69) is 43.5 Å². The van der Waals surface area contributed by atoms with Crippen molar-refractivity contribution in [2.75, 3.05) is 6.61 Å². The van der Waals surface area contributed by atoms with Crippen LogP contribution in [0.2, 0.25) is 0 Å². The number of carbonyl (C=O) groups excluding carboxylic acids is 1. The first kappa shape index (κ1) is 45.6. The van der Waals surface area contributed by atoms with Crippen molar-refractivity contribution in [1.82, 2.24) is 5.32 Å². The minimum atomic E-state index is -1.11. The Morgan fingerprint density at radius 1 is 0.511 bits per heavy atom. The fourth-order valence-electron chi connectivity index (χ4n) is 5.96. The van der Waals surface area contributed by atoms with Crippen LogP contribution in [0.15, 0.2) is 36.5 Å². The Labute approximate surface area is 292 Å². The molecule has 0 aromatic rings. The molecule has 1 amide bonds. The maximum absolute atomic E-state index is 12.4. The summed E-state index contributed by atoms with van der Waals surface area (Å²) in [5.41, 5.74) is 0. The van der Waals surface area contributed by atoms with Gasteiger partial charge in [0.15, 0.2) is 0 Å². The fraction of sp³-hybridized carbons (Fsp3) is 0.833. The van der Waals surface area contributed by atoms with E-state index in [9.17, 15) is 20.1 Å². The predicted molar refractivity (Wildman–Crippen MR) is 204 cm³/mol. The molecular weight excluding hydrogens is 582 g/mol. The van der Waals surface area contributed by atoms with Crippen molar-refractivity contribution in [2.45, 2.75) is 218 Å². The summed E-state index contributed by atoms with van der Waals surface area (Å²) in [5, 5.41) is 33.0. The maximum Gasteiger partial charge on any atom is 0.249 e. The Balaban J connectivity index is 3.78. The molecule has 0 heterocycles. The zero-order valence-electron chi connectivity index (χ0n) is 31.2. The van der Waals surface area contributed by atoms with Crippen LogP contribution in [-0.4, -0.2) is 46.1 Å². The van der Waals surface area contributed by atoms with E-state index in [4.69, 9.17) is 0 Å². The van der Waals surface area contributed by atoms with Crippen molar-refractivity contribution >= 4 is 5.91 Å². The van der Waals surface area contributed by atoms with Gasteiger partial charge in [0.1, 0.15) is 6.10 Å². The Kier molecular flexibility index (Phi) is 36.3. The molecule has 3 unspecified atom stereocenters. The van der Waals surface area contributed by atoms with Crippen molar-refractivity contribution in [1.29, 1.82) is 0 Å². The largest absolute Gasteiger partial charge is 0.394 e. The quantitative estimate of drug-likeness (QED) is 0.0397. The van der Waals surface area contributed by atoms with Gasteiger partial charge >= 0.3 is 0 Å². The van der Waals surface area contributed by atoms with Gasteiger partial charge in [-0.1, -0.05) is 179 Å². The lowest BCUT2D eigenvalue weighted by Crippen LogP contribution is -2.48. The first-order valence-corrected chi connectivity index (χ1v) is 20.3. The third-order valence-electron chi connectivity index (χ3n) is 9.20. The number of carbonyl (C=O) groups is 1. The Morgan fingerprint density at radius 3 is 1.30 bits per heavy atom. The highest BCUT2D eigenvalue weighted by Crippen LogP contribution is 2.14. The van der Waals surface area contributed by atoms with Gasteiger partial charge in [0.2, 0.25) is 5.91 Å². The van der Waals surface area contributed by atoms with Crippen LogP contribution in [0.3, 0.4) is 0 Å². The van der Waals surface area contributed by atoms with Gasteiger partial charge < -0.3 is 20.6 Å². The summed E-state index contributed by atoms with van der Waals surface area (Å²) >= 11 is 0. The van der Waals surface area contributed by atoms with E-state index in [1.807, 2.05) is 6.08 Å². The molecule has 0 radical (unpaired) electrons. The maximum atomic E-state index is 12.4. The van der Waals surface area contributed by atoms with E-state index in [1.165, 1.54) is 128 Å². The SMILES string of the molecule is CCCCCCCCC/C=C\CCCCCCC(O)C(=O)NC(CO)C(O)/C=C/CC/C=C/CCCCCCCCCCCCCC. The second-order valence-corrected chi connectivity index (χ2v) is 13.8. The molecule has 0 aliphatic heterocycles. The van der Waals surface area contributed by atoms with Crippen molar-refractivity contribution in [3.05, 3.63) is 36.5 Å². The van der Waals surface area contributed by atoms with Crippen LogP contribution in [0, 0.1) is 0 Å². The van der Waals surface area contributed by atoms with Crippen LogP contribution < -0.4 is 5.32 Å². The van der Waals surface area contributed by atoms with Crippen LogP contribution in [0.4, 0.5) is 0 Å². The van der Waals surface area contributed by atoms with Gasteiger partial charge in [0.05, 0.1) is 18.8 Å². The Hall–Kier alpha value is -1.43. The molecule has 47 heavy (non-hydrogen) atoms. The number of rotatable bonds is 36. The van der Waals surface area contributed by atoms with E-state index >= 15 is 0 Å². The molecule has 276 valence electrons. The summed E-state index contributed by atoms with van der Waals surface area (Å²) in [5.74, 6) is -0.523. The molecule has 5 nitrogen and oxygen atoms in total. The van der Waals surface area contributed by atoms with Crippen molar-refractivity contribution in [2.24, 2.45) is 0 Å². The highest BCUT2D eigenvalue weighted by Gasteiger charge is 2.22. The van der Waals surface area contributed by atoms with Crippen molar-refractivity contribution < 1.29 is 20.1 Å². The first-order valence-electron chi connectivity index (χ1n) is 20.3. The molecule has 0 rings (SSSR count). The van der Waals surface area contributed by atoms with E-state index < -0.39 is 24.2 Å². The van der Waals surface area contributed by atoms with Gasteiger partial charge in [-0.15, -0.1) is 0 Å². The molecule has 0 aromatic carbocycles. The monoisotopic (exact) mass is 662 g/mol. The molecule has 5 heteroatoms. The van der Waals surface area contributed by atoms with Gasteiger partial charge in [-0.3, -0.25) is 4.79 Å². The number of unbranched alkanes of at least 4 members (excludes halogenated alkanes) is 24. The predicted octanol–water partition coefficient (Wildman–Crippen LogP) is 11.2. The molecule has 3 atom stereocenters. The zero-order chi connectivity index (χ0) is 34.5. The van der Waals surface area contributed by atoms with Gasteiger partial charge in [-0.05, 0) is 57.8 Å².